The van der Waals surface area contributed by atoms with Crippen LogP contribution in [0.4, 0.5) is 5.69 Å². The number of carbonyl (C=O) groups is 1. The number of anilines is 1. The highest BCUT2D eigenvalue weighted by atomic mass is 32.2. The maximum absolute atomic E-state index is 12.6. The van der Waals surface area contributed by atoms with Gasteiger partial charge in [0.15, 0.2) is 9.84 Å². The van der Waals surface area contributed by atoms with Gasteiger partial charge in [-0.15, -0.1) is 0 Å². The molecule has 1 heterocycles. The number of carbonyl (C=O) groups excluding carboxylic acids is 1. The predicted molar refractivity (Wildman–Crippen MR) is 101 cm³/mol. The highest BCUT2D eigenvalue weighted by molar-refractivity contribution is 7.91. The topological polar surface area (TPSA) is 109 Å². The fourth-order valence-electron chi connectivity index (χ4n) is 2.90. The first kappa shape index (κ1) is 20.6. The van der Waals surface area contributed by atoms with Gasteiger partial charge in [-0.3, -0.25) is 4.79 Å². The summed E-state index contributed by atoms with van der Waals surface area (Å²) in [6, 6.07) is 6.57. The largest absolute Gasteiger partial charge is 0.497 e. The minimum Gasteiger partial charge on any atom is -0.497 e. The van der Waals surface area contributed by atoms with Crippen LogP contribution in [0.15, 0.2) is 30.0 Å². The molecule has 1 aromatic rings. The molecule has 1 unspecified atom stereocenters. The van der Waals surface area contributed by atoms with Crippen LogP contribution in [0, 0.1) is 11.3 Å². The third-order valence-electron chi connectivity index (χ3n) is 4.36. The minimum atomic E-state index is -3.06. The molecule has 2 rings (SSSR count). The molecule has 1 aliphatic heterocycles. The molecule has 8 nitrogen and oxygen atoms in total. The van der Waals surface area contributed by atoms with Gasteiger partial charge in [0.05, 0.1) is 31.4 Å². The molecule has 1 aromatic carbocycles. The third-order valence-corrected chi connectivity index (χ3v) is 6.11. The molecule has 1 atom stereocenters. The van der Waals surface area contributed by atoms with Crippen molar-refractivity contribution in [2.45, 2.75) is 19.4 Å². The number of rotatable bonds is 7. The zero-order chi connectivity index (χ0) is 20.0. The lowest BCUT2D eigenvalue weighted by Crippen LogP contribution is -2.32. The fraction of sp³-hybridized carbons (Fsp3) is 0.444. The fourth-order valence-corrected chi connectivity index (χ4v) is 4.64. The first-order chi connectivity index (χ1) is 12.8. The van der Waals surface area contributed by atoms with Crippen LogP contribution in [-0.2, 0) is 14.6 Å². The van der Waals surface area contributed by atoms with Crippen molar-refractivity contribution in [1.29, 1.82) is 5.26 Å². The molecular weight excluding hydrogens is 370 g/mol. The molecule has 27 heavy (non-hydrogen) atoms. The van der Waals surface area contributed by atoms with Crippen LogP contribution in [0.5, 0.6) is 11.5 Å². The first-order valence-corrected chi connectivity index (χ1v) is 10.3. The highest BCUT2D eigenvalue weighted by Crippen LogP contribution is 2.29. The van der Waals surface area contributed by atoms with Gasteiger partial charge in [-0.25, -0.2) is 8.42 Å². The first-order valence-electron chi connectivity index (χ1n) is 8.45. The number of ether oxygens (including phenoxy) is 2. The van der Waals surface area contributed by atoms with Crippen molar-refractivity contribution in [1.82, 2.24) is 4.90 Å². The summed E-state index contributed by atoms with van der Waals surface area (Å²) < 4.78 is 33.8. The normalized spacial score (nSPS) is 18.4. The third kappa shape index (κ3) is 5.14. The van der Waals surface area contributed by atoms with Crippen molar-refractivity contribution in [2.24, 2.45) is 0 Å². The van der Waals surface area contributed by atoms with E-state index in [0.717, 1.165) is 0 Å². The number of nitrogens with one attached hydrogen (secondary N) is 1. The second kappa shape index (κ2) is 8.77. The maximum Gasteiger partial charge on any atom is 0.267 e. The number of nitrogens with zero attached hydrogens (tertiary/aromatic N) is 2. The Hall–Kier alpha value is -2.73. The SMILES string of the molecule is CCN(/C=C(/C#N)C(=O)Nc1cc(OC)ccc1OC)C1CCS(=O)(=O)C1. The number of nitriles is 1. The highest BCUT2D eigenvalue weighted by Gasteiger charge is 2.31. The van der Waals surface area contributed by atoms with E-state index >= 15 is 0 Å². The van der Waals surface area contributed by atoms with Gasteiger partial charge in [-0.05, 0) is 25.5 Å². The van der Waals surface area contributed by atoms with Crippen LogP contribution in [0.3, 0.4) is 0 Å². The molecule has 0 aromatic heterocycles. The molecule has 9 heteroatoms. The van der Waals surface area contributed by atoms with E-state index in [-0.39, 0.29) is 23.1 Å². The lowest BCUT2D eigenvalue weighted by molar-refractivity contribution is -0.112. The van der Waals surface area contributed by atoms with Crippen LogP contribution >= 0.6 is 0 Å². The second-order valence-electron chi connectivity index (χ2n) is 6.06. The van der Waals surface area contributed by atoms with Crippen molar-refractivity contribution in [3.8, 4) is 17.6 Å². The van der Waals surface area contributed by atoms with Gasteiger partial charge in [0.1, 0.15) is 23.1 Å². The number of amides is 1. The number of sulfone groups is 1. The molecular formula is C18H23N3O5S. The van der Waals surface area contributed by atoms with E-state index in [1.165, 1.54) is 20.4 Å². The summed E-state index contributed by atoms with van der Waals surface area (Å²) in [5.41, 5.74) is 0.250. The standard InChI is InChI=1S/C18H23N3O5S/c1-4-21(14-7-8-27(23,24)12-14)11-13(10-19)18(22)20-16-9-15(25-2)5-6-17(16)26-3/h5-6,9,11,14H,4,7-8,12H2,1-3H3,(H,20,22)/b13-11-. The maximum atomic E-state index is 12.6. The van der Waals surface area contributed by atoms with Gasteiger partial charge < -0.3 is 19.7 Å². The quantitative estimate of drug-likeness (QED) is 0.553. The summed E-state index contributed by atoms with van der Waals surface area (Å²) in [4.78, 5) is 14.3. The van der Waals surface area contributed by atoms with E-state index in [1.54, 1.807) is 23.1 Å². The number of methoxy groups -OCH3 is 2. The van der Waals surface area contributed by atoms with Crippen molar-refractivity contribution < 1.29 is 22.7 Å². The summed E-state index contributed by atoms with van der Waals surface area (Å²) in [7, 11) is -0.0905. The van der Waals surface area contributed by atoms with E-state index in [2.05, 4.69) is 5.32 Å². The van der Waals surface area contributed by atoms with Crippen LogP contribution < -0.4 is 14.8 Å². The number of hydrogen-bond acceptors (Lipinski definition) is 7. The van der Waals surface area contributed by atoms with Crippen molar-refractivity contribution >= 4 is 21.4 Å². The van der Waals surface area contributed by atoms with E-state index in [9.17, 15) is 18.5 Å². The van der Waals surface area contributed by atoms with E-state index < -0.39 is 15.7 Å². The smallest absolute Gasteiger partial charge is 0.267 e. The number of benzene rings is 1. The van der Waals surface area contributed by atoms with Gasteiger partial charge >= 0.3 is 0 Å². The Bertz CT molecular complexity index is 873. The van der Waals surface area contributed by atoms with Gasteiger partial charge in [0, 0.05) is 24.9 Å². The summed E-state index contributed by atoms with van der Waals surface area (Å²) in [5, 5.41) is 12.1. The summed E-state index contributed by atoms with van der Waals surface area (Å²) >= 11 is 0. The Labute approximate surface area is 159 Å². The van der Waals surface area contributed by atoms with Gasteiger partial charge in [-0.1, -0.05) is 0 Å². The molecule has 1 N–H and O–H groups in total. The Morgan fingerprint density at radius 1 is 1.41 bits per heavy atom. The Balaban J connectivity index is 2.22. The van der Waals surface area contributed by atoms with Gasteiger partial charge in [0.2, 0.25) is 0 Å². The predicted octanol–water partition coefficient (Wildman–Crippen LogP) is 1.56. The lowest BCUT2D eigenvalue weighted by atomic mass is 10.2. The van der Waals surface area contributed by atoms with Crippen molar-refractivity contribution in [2.75, 3.05) is 37.6 Å². The van der Waals surface area contributed by atoms with Gasteiger partial charge in [-0.2, -0.15) is 5.26 Å². The average molecular weight is 393 g/mol. The van der Waals surface area contributed by atoms with Crippen LogP contribution in [-0.4, -0.2) is 57.5 Å². The van der Waals surface area contributed by atoms with E-state index in [4.69, 9.17) is 9.47 Å². The molecule has 0 saturated carbocycles. The van der Waals surface area contributed by atoms with Crippen LogP contribution in [0.1, 0.15) is 13.3 Å². The average Bonchev–Trinajstić information content (AvgIpc) is 3.02. The minimum absolute atomic E-state index is 0.0291. The molecule has 0 radical (unpaired) electrons. The Kier molecular flexibility index (Phi) is 6.69. The van der Waals surface area contributed by atoms with Crippen molar-refractivity contribution in [3.63, 3.8) is 0 Å². The molecule has 146 valence electrons. The van der Waals surface area contributed by atoms with E-state index in [1.807, 2.05) is 13.0 Å². The van der Waals surface area contributed by atoms with Crippen molar-refractivity contribution in [3.05, 3.63) is 30.0 Å². The second-order valence-corrected chi connectivity index (χ2v) is 8.29. The van der Waals surface area contributed by atoms with Crippen LogP contribution in [0.2, 0.25) is 0 Å². The monoisotopic (exact) mass is 393 g/mol. The zero-order valence-electron chi connectivity index (χ0n) is 15.6. The molecule has 0 aliphatic carbocycles. The molecule has 1 saturated heterocycles. The molecule has 1 amide bonds. The molecule has 0 spiro atoms. The zero-order valence-corrected chi connectivity index (χ0v) is 16.4. The Morgan fingerprint density at radius 2 is 2.15 bits per heavy atom. The number of hydrogen-bond donors (Lipinski definition) is 1. The molecule has 0 bridgehead atoms. The van der Waals surface area contributed by atoms with Gasteiger partial charge in [0.25, 0.3) is 5.91 Å². The van der Waals surface area contributed by atoms with E-state index in [0.29, 0.717) is 30.2 Å². The molecule has 1 aliphatic rings. The van der Waals surface area contributed by atoms with Crippen LogP contribution in [0.25, 0.3) is 0 Å². The summed E-state index contributed by atoms with van der Waals surface area (Å²) in [5.74, 6) is 0.498. The summed E-state index contributed by atoms with van der Waals surface area (Å²) in [6.07, 6.45) is 1.91. The molecule has 1 fully saturated rings. The summed E-state index contributed by atoms with van der Waals surface area (Å²) in [6.45, 7) is 2.33. The lowest BCUT2D eigenvalue weighted by Gasteiger charge is -2.25. The Morgan fingerprint density at radius 3 is 2.67 bits per heavy atom.